The summed E-state index contributed by atoms with van der Waals surface area (Å²) < 4.78 is 10.9. The molecule has 150 valence electrons. The van der Waals surface area contributed by atoms with Crippen molar-refractivity contribution in [1.29, 1.82) is 0 Å². The highest BCUT2D eigenvalue weighted by Gasteiger charge is 2.21. The summed E-state index contributed by atoms with van der Waals surface area (Å²) in [7, 11) is 5.31. The van der Waals surface area contributed by atoms with Gasteiger partial charge in [-0.3, -0.25) is 0 Å². The summed E-state index contributed by atoms with van der Waals surface area (Å²) in [5, 5.41) is 8.43. The molecule has 0 unspecified atom stereocenters. The number of hydrogen-bond donors (Lipinski definition) is 0. The van der Waals surface area contributed by atoms with E-state index in [1.54, 1.807) is 20.4 Å². The summed E-state index contributed by atoms with van der Waals surface area (Å²) in [5.74, 6) is 2.96. The van der Waals surface area contributed by atoms with Gasteiger partial charge in [0, 0.05) is 26.7 Å². The first-order valence-electron chi connectivity index (χ1n) is 9.61. The van der Waals surface area contributed by atoms with Crippen LogP contribution >= 0.6 is 0 Å². The Morgan fingerprint density at radius 1 is 1.03 bits per heavy atom. The molecule has 0 saturated heterocycles. The number of ether oxygens (including phenoxy) is 2. The highest BCUT2D eigenvalue weighted by atomic mass is 16.5. The van der Waals surface area contributed by atoms with Crippen molar-refractivity contribution in [2.45, 2.75) is 19.5 Å². The van der Waals surface area contributed by atoms with Crippen LogP contribution in [0.2, 0.25) is 0 Å². The van der Waals surface area contributed by atoms with Crippen LogP contribution in [0.1, 0.15) is 16.7 Å². The molecule has 7 nitrogen and oxygen atoms in total. The minimum Gasteiger partial charge on any atom is -0.493 e. The Bertz CT molecular complexity index is 980. The maximum atomic E-state index is 5.46. The molecule has 1 aromatic heterocycles. The molecule has 7 heteroatoms. The Hall–Kier alpha value is -3.35. The molecule has 0 radical (unpaired) electrons. The van der Waals surface area contributed by atoms with Gasteiger partial charge in [0.05, 0.1) is 20.4 Å². The van der Waals surface area contributed by atoms with Crippen molar-refractivity contribution in [3.63, 3.8) is 0 Å². The van der Waals surface area contributed by atoms with Crippen LogP contribution in [-0.4, -0.2) is 43.0 Å². The standard InChI is InChI=1S/C22H25N5O2/c1-26(14-16-7-5-4-6-8-16)22-24-21(13-23-25-22)27-10-9-17-11-19(28-2)20(29-3)12-18(17)15-27/h4-8,11-13H,9-10,14-15H2,1-3H3. The third-order valence-corrected chi connectivity index (χ3v) is 5.18. The SMILES string of the molecule is COc1cc2c(cc1OC)CN(c1cnnc(N(C)Cc3ccccc3)n1)CC2. The van der Waals surface area contributed by atoms with Gasteiger partial charge in [0.2, 0.25) is 5.95 Å². The lowest BCUT2D eigenvalue weighted by Crippen LogP contribution is -2.32. The first-order chi connectivity index (χ1) is 14.2. The molecule has 2 aromatic carbocycles. The molecule has 0 aliphatic carbocycles. The molecule has 29 heavy (non-hydrogen) atoms. The highest BCUT2D eigenvalue weighted by Crippen LogP contribution is 2.34. The minimum atomic E-state index is 0.615. The zero-order valence-electron chi connectivity index (χ0n) is 17.0. The van der Waals surface area contributed by atoms with Crippen molar-refractivity contribution in [2.24, 2.45) is 0 Å². The Morgan fingerprint density at radius 3 is 2.48 bits per heavy atom. The van der Waals surface area contributed by atoms with E-state index in [9.17, 15) is 0 Å². The zero-order chi connectivity index (χ0) is 20.2. The molecule has 3 aromatic rings. The van der Waals surface area contributed by atoms with Crippen LogP contribution in [0, 0.1) is 0 Å². The van der Waals surface area contributed by atoms with E-state index >= 15 is 0 Å². The predicted molar refractivity (Wildman–Crippen MR) is 113 cm³/mol. The lowest BCUT2D eigenvalue weighted by molar-refractivity contribution is 0.353. The van der Waals surface area contributed by atoms with Crippen molar-refractivity contribution in [3.8, 4) is 11.5 Å². The number of rotatable bonds is 6. The Morgan fingerprint density at radius 2 is 1.76 bits per heavy atom. The van der Waals surface area contributed by atoms with Gasteiger partial charge in [-0.15, -0.1) is 5.10 Å². The maximum Gasteiger partial charge on any atom is 0.247 e. The lowest BCUT2D eigenvalue weighted by Gasteiger charge is -2.30. The van der Waals surface area contributed by atoms with Crippen molar-refractivity contribution < 1.29 is 9.47 Å². The van der Waals surface area contributed by atoms with E-state index < -0.39 is 0 Å². The van der Waals surface area contributed by atoms with Gasteiger partial charge in [0.1, 0.15) is 0 Å². The Balaban J connectivity index is 1.53. The number of methoxy groups -OCH3 is 2. The van der Waals surface area contributed by atoms with E-state index in [2.05, 4.69) is 39.4 Å². The quantitative estimate of drug-likeness (QED) is 0.640. The summed E-state index contributed by atoms with van der Waals surface area (Å²) in [5.41, 5.74) is 3.70. The van der Waals surface area contributed by atoms with Crippen LogP contribution in [0.25, 0.3) is 0 Å². The molecule has 0 N–H and O–H groups in total. The second-order valence-corrected chi connectivity index (χ2v) is 7.10. The first-order valence-corrected chi connectivity index (χ1v) is 9.61. The Labute approximate surface area is 170 Å². The van der Waals surface area contributed by atoms with Crippen LogP contribution in [-0.2, 0) is 19.5 Å². The summed E-state index contributed by atoms with van der Waals surface area (Å²) in [6.07, 6.45) is 2.64. The molecule has 0 bridgehead atoms. The number of fused-ring (bicyclic) bond motifs is 1. The smallest absolute Gasteiger partial charge is 0.247 e. The average molecular weight is 391 g/mol. The van der Waals surface area contributed by atoms with Crippen LogP contribution in [0.15, 0.2) is 48.7 Å². The van der Waals surface area contributed by atoms with Crippen LogP contribution in [0.4, 0.5) is 11.8 Å². The second-order valence-electron chi connectivity index (χ2n) is 7.10. The molecule has 2 heterocycles. The maximum absolute atomic E-state index is 5.46. The van der Waals surface area contributed by atoms with Crippen LogP contribution in [0.5, 0.6) is 11.5 Å². The lowest BCUT2D eigenvalue weighted by atomic mass is 9.99. The second kappa shape index (κ2) is 8.34. The van der Waals surface area contributed by atoms with Gasteiger partial charge in [-0.25, -0.2) is 0 Å². The highest BCUT2D eigenvalue weighted by molar-refractivity contribution is 5.52. The minimum absolute atomic E-state index is 0.615. The third-order valence-electron chi connectivity index (χ3n) is 5.18. The number of anilines is 2. The molecule has 4 rings (SSSR count). The van der Waals surface area contributed by atoms with Crippen molar-refractivity contribution in [2.75, 3.05) is 37.6 Å². The molecular weight excluding hydrogens is 366 g/mol. The number of benzene rings is 2. The molecule has 0 atom stereocenters. The number of hydrogen-bond acceptors (Lipinski definition) is 7. The largest absolute Gasteiger partial charge is 0.493 e. The van der Waals surface area contributed by atoms with E-state index in [1.807, 2.05) is 30.1 Å². The van der Waals surface area contributed by atoms with Crippen molar-refractivity contribution >= 4 is 11.8 Å². The topological polar surface area (TPSA) is 63.6 Å². The van der Waals surface area contributed by atoms with E-state index in [1.165, 1.54) is 16.7 Å². The third kappa shape index (κ3) is 4.08. The molecule has 0 spiro atoms. The van der Waals surface area contributed by atoms with E-state index in [-0.39, 0.29) is 0 Å². The van der Waals surface area contributed by atoms with Gasteiger partial charge in [0.15, 0.2) is 17.3 Å². The fraction of sp³-hybridized carbons (Fsp3) is 0.318. The summed E-state index contributed by atoms with van der Waals surface area (Å²) in [6.45, 7) is 2.34. The Kier molecular flexibility index (Phi) is 5.46. The monoisotopic (exact) mass is 391 g/mol. The molecule has 0 fully saturated rings. The fourth-order valence-electron chi connectivity index (χ4n) is 3.61. The van der Waals surface area contributed by atoms with Crippen LogP contribution < -0.4 is 19.3 Å². The number of aromatic nitrogens is 3. The molecular formula is C22H25N5O2. The van der Waals surface area contributed by atoms with Crippen molar-refractivity contribution in [3.05, 3.63) is 65.4 Å². The van der Waals surface area contributed by atoms with Gasteiger partial charge >= 0.3 is 0 Å². The van der Waals surface area contributed by atoms with Crippen molar-refractivity contribution in [1.82, 2.24) is 15.2 Å². The normalized spacial score (nSPS) is 13.0. The van der Waals surface area contributed by atoms with Gasteiger partial charge in [-0.1, -0.05) is 30.3 Å². The van der Waals surface area contributed by atoms with Gasteiger partial charge < -0.3 is 19.3 Å². The predicted octanol–water partition coefficient (Wildman–Crippen LogP) is 3.09. The zero-order valence-corrected chi connectivity index (χ0v) is 17.0. The summed E-state index contributed by atoms with van der Waals surface area (Å²) in [4.78, 5) is 9.00. The van der Waals surface area contributed by atoms with Gasteiger partial charge in [-0.05, 0) is 35.2 Å². The summed E-state index contributed by atoms with van der Waals surface area (Å²) in [6, 6.07) is 14.4. The van der Waals surface area contributed by atoms with E-state index in [0.717, 1.165) is 43.4 Å². The average Bonchev–Trinajstić information content (AvgIpc) is 2.78. The van der Waals surface area contributed by atoms with Gasteiger partial charge in [0.25, 0.3) is 0 Å². The van der Waals surface area contributed by atoms with E-state index in [0.29, 0.717) is 5.95 Å². The summed E-state index contributed by atoms with van der Waals surface area (Å²) >= 11 is 0. The van der Waals surface area contributed by atoms with E-state index in [4.69, 9.17) is 14.5 Å². The molecule has 1 aliphatic rings. The number of nitrogens with zero attached hydrogens (tertiary/aromatic N) is 5. The fourth-order valence-corrected chi connectivity index (χ4v) is 3.61. The molecule has 1 aliphatic heterocycles. The van der Waals surface area contributed by atoms with Gasteiger partial charge in [-0.2, -0.15) is 10.1 Å². The molecule has 0 saturated carbocycles. The van der Waals surface area contributed by atoms with Crippen LogP contribution in [0.3, 0.4) is 0 Å². The molecule has 0 amide bonds. The first kappa shape index (κ1) is 19.0.